The second-order valence-electron chi connectivity index (χ2n) is 7.55. The number of hydrogen-bond acceptors (Lipinski definition) is 5. The minimum absolute atomic E-state index is 0.104. The highest BCUT2D eigenvalue weighted by Crippen LogP contribution is 2.42. The van der Waals surface area contributed by atoms with Crippen LogP contribution in [-0.4, -0.2) is 37.9 Å². The van der Waals surface area contributed by atoms with Gasteiger partial charge in [0.15, 0.2) is 0 Å². The van der Waals surface area contributed by atoms with Crippen molar-refractivity contribution >= 4 is 52.0 Å². The lowest BCUT2D eigenvalue weighted by atomic mass is 10.1. The van der Waals surface area contributed by atoms with Gasteiger partial charge in [0.1, 0.15) is 5.75 Å². The Morgan fingerprint density at radius 3 is 2.70 bits per heavy atom. The number of nitrogens with zero attached hydrogens (tertiary/aromatic N) is 1. The Labute approximate surface area is 200 Å². The lowest BCUT2D eigenvalue weighted by Gasteiger charge is -2.17. The van der Waals surface area contributed by atoms with Crippen LogP contribution in [0.5, 0.6) is 5.75 Å². The molecule has 2 heterocycles. The van der Waals surface area contributed by atoms with E-state index in [2.05, 4.69) is 10.6 Å². The van der Waals surface area contributed by atoms with Gasteiger partial charge in [-0.25, -0.2) is 0 Å². The number of carbonyl (C=O) groups excluding carboxylic acids is 3. The monoisotopic (exact) mass is 483 g/mol. The van der Waals surface area contributed by atoms with E-state index < -0.39 is 0 Å². The van der Waals surface area contributed by atoms with E-state index in [0.717, 1.165) is 16.0 Å². The van der Waals surface area contributed by atoms with Gasteiger partial charge in [-0.15, -0.1) is 11.3 Å². The van der Waals surface area contributed by atoms with E-state index in [0.29, 0.717) is 40.1 Å². The van der Waals surface area contributed by atoms with Gasteiger partial charge in [0.25, 0.3) is 5.91 Å². The second kappa shape index (κ2) is 9.64. The van der Waals surface area contributed by atoms with Gasteiger partial charge in [-0.3, -0.25) is 14.4 Å². The van der Waals surface area contributed by atoms with Crippen molar-refractivity contribution in [3.05, 3.63) is 64.0 Å². The molecule has 170 valence electrons. The zero-order valence-electron chi connectivity index (χ0n) is 18.1. The van der Waals surface area contributed by atoms with Crippen molar-refractivity contribution in [2.45, 2.75) is 13.3 Å². The molecule has 1 aliphatic rings. The molecule has 0 saturated heterocycles. The minimum atomic E-state index is -0.328. The highest BCUT2D eigenvalue weighted by atomic mass is 35.5. The number of thiophene rings is 1. The summed E-state index contributed by atoms with van der Waals surface area (Å²) in [5, 5.41) is 5.73. The SMILES string of the molecule is CC(=O)NCC(=O)Nc1ccc2c(c1)OCCc1cc(C(=O)N(C)c3ccccc3Cl)sc1-2. The number of fused-ring (bicyclic) bond motifs is 3. The van der Waals surface area contributed by atoms with Crippen LogP contribution in [0.4, 0.5) is 11.4 Å². The Hall–Kier alpha value is -3.36. The standard InChI is InChI=1S/C24H22ClN3O4S/c1-14(29)26-13-22(30)27-16-7-8-17-20(12-16)32-10-9-15-11-21(33-23(15)17)24(31)28(2)19-6-4-3-5-18(19)25/h3-8,11-12H,9-10,13H2,1-2H3,(H,26,29)(H,27,30). The van der Waals surface area contributed by atoms with Gasteiger partial charge in [0, 0.05) is 42.6 Å². The Kier molecular flexibility index (Phi) is 6.67. The maximum absolute atomic E-state index is 13.2. The van der Waals surface area contributed by atoms with E-state index in [-0.39, 0.29) is 24.3 Å². The molecule has 0 fully saturated rings. The average Bonchev–Trinajstić information content (AvgIpc) is 3.13. The highest BCUT2D eigenvalue weighted by molar-refractivity contribution is 7.17. The molecule has 2 aromatic carbocycles. The summed E-state index contributed by atoms with van der Waals surface area (Å²) in [6.07, 6.45) is 0.661. The second-order valence-corrected chi connectivity index (χ2v) is 9.01. The number of rotatable bonds is 5. The van der Waals surface area contributed by atoms with E-state index in [1.807, 2.05) is 30.3 Å². The molecule has 7 nitrogen and oxygen atoms in total. The highest BCUT2D eigenvalue weighted by Gasteiger charge is 2.24. The van der Waals surface area contributed by atoms with Crippen molar-refractivity contribution in [3.8, 4) is 16.2 Å². The largest absolute Gasteiger partial charge is 0.492 e. The van der Waals surface area contributed by atoms with Crippen LogP contribution in [0.2, 0.25) is 5.02 Å². The summed E-state index contributed by atoms with van der Waals surface area (Å²) < 4.78 is 5.92. The molecule has 0 unspecified atom stereocenters. The first-order valence-corrected chi connectivity index (χ1v) is 11.5. The molecule has 9 heteroatoms. The number of benzene rings is 2. The Morgan fingerprint density at radius 2 is 1.94 bits per heavy atom. The number of nitrogens with one attached hydrogen (secondary N) is 2. The van der Waals surface area contributed by atoms with Crippen LogP contribution in [0.1, 0.15) is 22.2 Å². The summed E-state index contributed by atoms with van der Waals surface area (Å²) in [7, 11) is 1.71. The van der Waals surface area contributed by atoms with E-state index in [1.165, 1.54) is 18.3 Å². The molecule has 0 aliphatic carbocycles. The van der Waals surface area contributed by atoms with Crippen LogP contribution in [0.15, 0.2) is 48.5 Å². The van der Waals surface area contributed by atoms with Crippen molar-refractivity contribution < 1.29 is 19.1 Å². The fraction of sp³-hybridized carbons (Fsp3) is 0.208. The number of carbonyl (C=O) groups is 3. The zero-order chi connectivity index (χ0) is 23.5. The Balaban J connectivity index is 1.58. The number of halogens is 1. The van der Waals surface area contributed by atoms with E-state index in [4.69, 9.17) is 16.3 Å². The van der Waals surface area contributed by atoms with Crippen LogP contribution in [0.25, 0.3) is 10.4 Å². The van der Waals surface area contributed by atoms with E-state index in [1.54, 1.807) is 30.1 Å². The molecule has 0 spiro atoms. The molecule has 2 N–H and O–H groups in total. The third-order valence-corrected chi connectivity index (χ3v) is 6.69. The van der Waals surface area contributed by atoms with Gasteiger partial charge in [0.05, 0.1) is 28.7 Å². The molecule has 0 bridgehead atoms. The Morgan fingerprint density at radius 1 is 1.15 bits per heavy atom. The lowest BCUT2D eigenvalue weighted by Crippen LogP contribution is -2.31. The minimum Gasteiger partial charge on any atom is -0.492 e. The first-order valence-electron chi connectivity index (χ1n) is 10.3. The van der Waals surface area contributed by atoms with Crippen molar-refractivity contribution in [2.75, 3.05) is 30.4 Å². The molecule has 3 aromatic rings. The van der Waals surface area contributed by atoms with Crippen LogP contribution < -0.4 is 20.3 Å². The molecule has 0 radical (unpaired) electrons. The maximum atomic E-state index is 13.2. The van der Waals surface area contributed by atoms with Gasteiger partial charge >= 0.3 is 0 Å². The fourth-order valence-corrected chi connectivity index (χ4v) is 5.01. The van der Waals surface area contributed by atoms with Crippen molar-refractivity contribution in [3.63, 3.8) is 0 Å². The molecular weight excluding hydrogens is 462 g/mol. The fourth-order valence-electron chi connectivity index (χ4n) is 3.53. The normalized spacial score (nSPS) is 12.0. The number of anilines is 2. The molecule has 0 saturated carbocycles. The molecule has 0 atom stereocenters. The third kappa shape index (κ3) is 5.02. The molecule has 1 aromatic heterocycles. The average molecular weight is 484 g/mol. The lowest BCUT2D eigenvalue weighted by molar-refractivity contribution is -0.122. The van der Waals surface area contributed by atoms with Crippen LogP contribution in [0.3, 0.4) is 0 Å². The molecule has 1 aliphatic heterocycles. The van der Waals surface area contributed by atoms with E-state index >= 15 is 0 Å². The van der Waals surface area contributed by atoms with Gasteiger partial charge in [-0.05, 0) is 35.9 Å². The summed E-state index contributed by atoms with van der Waals surface area (Å²) in [6, 6.07) is 14.5. The van der Waals surface area contributed by atoms with Gasteiger partial charge in [-0.2, -0.15) is 0 Å². The summed E-state index contributed by atoms with van der Waals surface area (Å²) >= 11 is 7.68. The number of amides is 3. The number of ether oxygens (including phenoxy) is 1. The number of hydrogen-bond donors (Lipinski definition) is 2. The quantitative estimate of drug-likeness (QED) is 0.564. The molecule has 4 rings (SSSR count). The van der Waals surface area contributed by atoms with Crippen molar-refractivity contribution in [1.82, 2.24) is 5.32 Å². The molecule has 33 heavy (non-hydrogen) atoms. The molecule has 3 amide bonds. The first kappa shape index (κ1) is 22.8. The first-order chi connectivity index (χ1) is 15.8. The Bertz CT molecular complexity index is 1240. The molecular formula is C24H22ClN3O4S. The third-order valence-electron chi connectivity index (χ3n) is 5.18. The predicted octanol–water partition coefficient (Wildman–Crippen LogP) is 4.35. The van der Waals surface area contributed by atoms with Crippen LogP contribution in [0, 0.1) is 0 Å². The zero-order valence-corrected chi connectivity index (χ0v) is 19.7. The summed E-state index contributed by atoms with van der Waals surface area (Å²) in [4.78, 5) is 39.3. The summed E-state index contributed by atoms with van der Waals surface area (Å²) in [5.41, 5.74) is 3.12. The summed E-state index contributed by atoms with van der Waals surface area (Å²) in [5.74, 6) is -0.103. The number of para-hydroxylation sites is 1. The van der Waals surface area contributed by atoms with Gasteiger partial charge in [0.2, 0.25) is 11.8 Å². The smallest absolute Gasteiger partial charge is 0.268 e. The van der Waals surface area contributed by atoms with Crippen LogP contribution in [-0.2, 0) is 16.0 Å². The van der Waals surface area contributed by atoms with Gasteiger partial charge in [-0.1, -0.05) is 23.7 Å². The van der Waals surface area contributed by atoms with Crippen molar-refractivity contribution in [1.29, 1.82) is 0 Å². The summed E-state index contributed by atoms with van der Waals surface area (Å²) in [6.45, 7) is 1.70. The van der Waals surface area contributed by atoms with E-state index in [9.17, 15) is 14.4 Å². The predicted molar refractivity (Wildman–Crippen MR) is 130 cm³/mol. The van der Waals surface area contributed by atoms with Crippen LogP contribution >= 0.6 is 22.9 Å². The van der Waals surface area contributed by atoms with Gasteiger partial charge < -0.3 is 20.3 Å². The maximum Gasteiger partial charge on any atom is 0.268 e. The van der Waals surface area contributed by atoms with Crippen molar-refractivity contribution in [2.24, 2.45) is 0 Å². The topological polar surface area (TPSA) is 87.7 Å².